The molecule has 0 aliphatic heterocycles. The summed E-state index contributed by atoms with van der Waals surface area (Å²) in [6.07, 6.45) is 0.715. The number of hydrogen-bond acceptors (Lipinski definition) is 3. The van der Waals surface area contributed by atoms with Gasteiger partial charge < -0.3 is 4.42 Å². The standard InChI is InChI=1S/C13H12O2S/c1-9-3-4-10(2)12(7-9)16-13-6-5-11(8-14)15-13/h3-8H,1-2H3. The lowest BCUT2D eigenvalue weighted by atomic mass is 10.2. The number of rotatable bonds is 3. The van der Waals surface area contributed by atoms with Crippen molar-refractivity contribution in [3.05, 3.63) is 47.2 Å². The van der Waals surface area contributed by atoms with E-state index in [0.29, 0.717) is 12.0 Å². The normalized spacial score (nSPS) is 10.4. The first-order chi connectivity index (χ1) is 7.69. The van der Waals surface area contributed by atoms with Crippen LogP contribution in [-0.4, -0.2) is 6.29 Å². The van der Waals surface area contributed by atoms with Crippen LogP contribution in [0.5, 0.6) is 0 Å². The van der Waals surface area contributed by atoms with Crippen molar-refractivity contribution in [3.63, 3.8) is 0 Å². The Kier molecular flexibility index (Phi) is 3.15. The molecule has 0 radical (unpaired) electrons. The van der Waals surface area contributed by atoms with Crippen LogP contribution in [0.2, 0.25) is 0 Å². The summed E-state index contributed by atoms with van der Waals surface area (Å²) in [4.78, 5) is 11.6. The van der Waals surface area contributed by atoms with E-state index >= 15 is 0 Å². The van der Waals surface area contributed by atoms with E-state index in [1.54, 1.807) is 6.07 Å². The zero-order valence-corrected chi connectivity index (χ0v) is 10.0. The zero-order chi connectivity index (χ0) is 11.5. The van der Waals surface area contributed by atoms with Crippen molar-refractivity contribution in [1.29, 1.82) is 0 Å². The molecule has 1 aromatic carbocycles. The highest BCUT2D eigenvalue weighted by Gasteiger charge is 2.05. The molecule has 16 heavy (non-hydrogen) atoms. The Morgan fingerprint density at radius 2 is 2.00 bits per heavy atom. The summed E-state index contributed by atoms with van der Waals surface area (Å²) >= 11 is 1.54. The molecule has 0 saturated carbocycles. The average Bonchev–Trinajstić information content (AvgIpc) is 2.71. The second kappa shape index (κ2) is 4.58. The summed E-state index contributed by atoms with van der Waals surface area (Å²) in [6, 6.07) is 9.78. The van der Waals surface area contributed by atoms with Gasteiger partial charge in [0.15, 0.2) is 17.1 Å². The van der Waals surface area contributed by atoms with Gasteiger partial charge in [0.1, 0.15) is 0 Å². The Bertz CT molecular complexity index is 514. The topological polar surface area (TPSA) is 30.2 Å². The van der Waals surface area contributed by atoms with Crippen LogP contribution in [0, 0.1) is 13.8 Å². The largest absolute Gasteiger partial charge is 0.447 e. The minimum atomic E-state index is 0.368. The zero-order valence-electron chi connectivity index (χ0n) is 9.19. The van der Waals surface area contributed by atoms with Crippen molar-refractivity contribution in [3.8, 4) is 0 Å². The number of carbonyl (C=O) groups is 1. The van der Waals surface area contributed by atoms with E-state index in [0.717, 1.165) is 9.99 Å². The molecule has 0 atom stereocenters. The maximum absolute atomic E-state index is 10.5. The maximum atomic E-state index is 10.5. The first-order valence-corrected chi connectivity index (χ1v) is 5.81. The van der Waals surface area contributed by atoms with Gasteiger partial charge in [0.2, 0.25) is 0 Å². The van der Waals surface area contributed by atoms with E-state index in [1.807, 2.05) is 6.07 Å². The molecule has 2 nitrogen and oxygen atoms in total. The van der Waals surface area contributed by atoms with Crippen molar-refractivity contribution in [2.75, 3.05) is 0 Å². The van der Waals surface area contributed by atoms with E-state index in [4.69, 9.17) is 4.42 Å². The molecule has 0 saturated heterocycles. The van der Waals surface area contributed by atoms with Crippen LogP contribution >= 0.6 is 11.8 Å². The maximum Gasteiger partial charge on any atom is 0.185 e. The number of aryl methyl sites for hydroxylation is 2. The van der Waals surface area contributed by atoms with Gasteiger partial charge in [0.25, 0.3) is 0 Å². The van der Waals surface area contributed by atoms with Gasteiger partial charge >= 0.3 is 0 Å². The van der Waals surface area contributed by atoms with Crippen LogP contribution in [0.3, 0.4) is 0 Å². The van der Waals surface area contributed by atoms with Gasteiger partial charge in [-0.15, -0.1) is 0 Å². The van der Waals surface area contributed by atoms with Crippen LogP contribution in [-0.2, 0) is 0 Å². The molecule has 0 fully saturated rings. The van der Waals surface area contributed by atoms with Gasteiger partial charge in [0, 0.05) is 4.90 Å². The fourth-order valence-corrected chi connectivity index (χ4v) is 2.34. The average molecular weight is 232 g/mol. The highest BCUT2D eigenvalue weighted by atomic mass is 32.2. The third-order valence-corrected chi connectivity index (χ3v) is 3.35. The smallest absolute Gasteiger partial charge is 0.185 e. The molecule has 82 valence electrons. The lowest BCUT2D eigenvalue weighted by Crippen LogP contribution is -1.80. The van der Waals surface area contributed by atoms with Crippen LogP contribution in [0.1, 0.15) is 21.7 Å². The second-order valence-electron chi connectivity index (χ2n) is 3.65. The first kappa shape index (κ1) is 11.0. The van der Waals surface area contributed by atoms with Crippen molar-refractivity contribution < 1.29 is 9.21 Å². The molecule has 0 amide bonds. The van der Waals surface area contributed by atoms with Crippen molar-refractivity contribution >= 4 is 18.0 Å². The molecular weight excluding hydrogens is 220 g/mol. The third-order valence-electron chi connectivity index (χ3n) is 2.27. The van der Waals surface area contributed by atoms with Crippen LogP contribution < -0.4 is 0 Å². The monoisotopic (exact) mass is 232 g/mol. The molecule has 2 rings (SSSR count). The van der Waals surface area contributed by atoms with E-state index in [1.165, 1.54) is 22.9 Å². The molecule has 2 aromatic rings. The number of furan rings is 1. The van der Waals surface area contributed by atoms with Crippen molar-refractivity contribution in [1.82, 2.24) is 0 Å². The van der Waals surface area contributed by atoms with Crippen LogP contribution in [0.15, 0.2) is 44.7 Å². The summed E-state index contributed by atoms with van der Waals surface area (Å²) in [5.74, 6) is 0.368. The van der Waals surface area contributed by atoms with Gasteiger partial charge in [0.05, 0.1) is 0 Å². The number of aldehydes is 1. The summed E-state index contributed by atoms with van der Waals surface area (Å²) in [5, 5.41) is 0.746. The molecule has 0 bridgehead atoms. The van der Waals surface area contributed by atoms with Gasteiger partial charge in [-0.05, 0) is 43.2 Å². The van der Waals surface area contributed by atoms with Crippen molar-refractivity contribution in [2.24, 2.45) is 0 Å². The number of benzene rings is 1. The SMILES string of the molecule is Cc1ccc(C)c(Sc2ccc(C=O)o2)c1. The highest BCUT2D eigenvalue weighted by molar-refractivity contribution is 7.99. The Morgan fingerprint density at radius 3 is 2.69 bits per heavy atom. The van der Waals surface area contributed by atoms with Crippen molar-refractivity contribution in [2.45, 2.75) is 23.8 Å². The minimum Gasteiger partial charge on any atom is -0.447 e. The summed E-state index contributed by atoms with van der Waals surface area (Å²) in [7, 11) is 0. The molecule has 0 aliphatic rings. The van der Waals surface area contributed by atoms with Gasteiger partial charge in [-0.3, -0.25) is 4.79 Å². The van der Waals surface area contributed by atoms with Gasteiger partial charge in [-0.25, -0.2) is 0 Å². The Morgan fingerprint density at radius 1 is 1.19 bits per heavy atom. The summed E-state index contributed by atoms with van der Waals surface area (Å²) in [5.41, 5.74) is 2.43. The lowest BCUT2D eigenvalue weighted by Gasteiger charge is -2.04. The minimum absolute atomic E-state index is 0.368. The van der Waals surface area contributed by atoms with E-state index in [-0.39, 0.29) is 0 Å². The molecular formula is C13H12O2S. The fourth-order valence-electron chi connectivity index (χ4n) is 1.38. The van der Waals surface area contributed by atoms with E-state index in [2.05, 4.69) is 32.0 Å². The molecule has 3 heteroatoms. The second-order valence-corrected chi connectivity index (χ2v) is 4.69. The molecule has 1 aromatic heterocycles. The third kappa shape index (κ3) is 2.36. The van der Waals surface area contributed by atoms with E-state index < -0.39 is 0 Å². The first-order valence-electron chi connectivity index (χ1n) is 4.99. The molecule has 0 unspecified atom stereocenters. The van der Waals surface area contributed by atoms with Gasteiger partial charge in [-0.1, -0.05) is 23.9 Å². The molecule has 0 N–H and O–H groups in total. The molecule has 0 spiro atoms. The Balaban J connectivity index is 2.26. The Labute approximate surface area is 98.7 Å². The number of carbonyl (C=O) groups excluding carboxylic acids is 1. The molecule has 0 aliphatic carbocycles. The predicted octanol–water partition coefficient (Wildman–Crippen LogP) is 3.86. The highest BCUT2D eigenvalue weighted by Crippen LogP contribution is 2.31. The van der Waals surface area contributed by atoms with Crippen LogP contribution in [0.4, 0.5) is 0 Å². The fraction of sp³-hybridized carbons (Fsp3) is 0.154. The van der Waals surface area contributed by atoms with Gasteiger partial charge in [-0.2, -0.15) is 0 Å². The predicted molar refractivity (Wildman–Crippen MR) is 64.1 cm³/mol. The molecule has 1 heterocycles. The lowest BCUT2D eigenvalue weighted by molar-refractivity contribution is 0.109. The summed E-state index contributed by atoms with van der Waals surface area (Å²) in [6.45, 7) is 4.12. The quantitative estimate of drug-likeness (QED) is 0.753. The number of hydrogen-bond donors (Lipinski definition) is 0. The van der Waals surface area contributed by atoms with Crippen LogP contribution in [0.25, 0.3) is 0 Å². The van der Waals surface area contributed by atoms with E-state index in [9.17, 15) is 4.79 Å². The Hall–Kier alpha value is -1.48. The summed E-state index contributed by atoms with van der Waals surface area (Å²) < 4.78 is 5.33.